The van der Waals surface area contributed by atoms with Crippen LogP contribution in [0.1, 0.15) is 31.1 Å². The standard InChI is InChI=1S/C24H21F3N4O6/c1-23(2,3)37-22(33)29-16-8-10-17(11-9-16)36-19-12-7-15(14-18(19)31(34)35)21(32)30(24(25,26)27)20-6-4-5-13-28-20/h4-14H,1-3H3,(H,29,33). The molecule has 0 unspecified atom stereocenters. The smallest absolute Gasteiger partial charge is 0.450 e. The minimum Gasteiger partial charge on any atom is -0.450 e. The number of nitro groups is 1. The van der Waals surface area contributed by atoms with Gasteiger partial charge in [-0.2, -0.15) is 0 Å². The van der Waals surface area contributed by atoms with Crippen molar-refractivity contribution in [2.24, 2.45) is 0 Å². The van der Waals surface area contributed by atoms with Crippen molar-refractivity contribution in [2.45, 2.75) is 32.7 Å². The summed E-state index contributed by atoms with van der Waals surface area (Å²) in [4.78, 5) is 38.4. The molecule has 0 spiro atoms. The zero-order valence-electron chi connectivity index (χ0n) is 19.8. The number of nitrogens with zero attached hydrogens (tertiary/aromatic N) is 3. The van der Waals surface area contributed by atoms with Gasteiger partial charge in [-0.25, -0.2) is 14.7 Å². The molecular weight excluding hydrogens is 497 g/mol. The van der Waals surface area contributed by atoms with E-state index in [-0.39, 0.29) is 11.5 Å². The predicted octanol–water partition coefficient (Wildman–Crippen LogP) is 6.30. The Morgan fingerprint density at radius 1 is 1.03 bits per heavy atom. The monoisotopic (exact) mass is 518 g/mol. The van der Waals surface area contributed by atoms with Gasteiger partial charge in [0.1, 0.15) is 17.2 Å². The number of amides is 2. The van der Waals surface area contributed by atoms with Crippen molar-refractivity contribution in [1.29, 1.82) is 0 Å². The zero-order valence-corrected chi connectivity index (χ0v) is 19.8. The normalized spacial score (nSPS) is 11.4. The van der Waals surface area contributed by atoms with Crippen LogP contribution in [-0.4, -0.2) is 33.8 Å². The number of anilines is 2. The molecular formula is C24H21F3N4O6. The van der Waals surface area contributed by atoms with Crippen molar-refractivity contribution in [2.75, 3.05) is 10.2 Å². The number of aromatic nitrogens is 1. The highest BCUT2D eigenvalue weighted by atomic mass is 19.4. The Kier molecular flexibility index (Phi) is 7.65. The topological polar surface area (TPSA) is 124 Å². The first kappa shape index (κ1) is 26.9. The maximum absolute atomic E-state index is 13.6. The van der Waals surface area contributed by atoms with Crippen LogP contribution in [-0.2, 0) is 4.74 Å². The summed E-state index contributed by atoms with van der Waals surface area (Å²) in [5.74, 6) is -2.44. The van der Waals surface area contributed by atoms with E-state index in [1.807, 2.05) is 0 Å². The fourth-order valence-corrected chi connectivity index (χ4v) is 3.00. The van der Waals surface area contributed by atoms with Crippen LogP contribution in [0.25, 0.3) is 0 Å². The lowest BCUT2D eigenvalue weighted by molar-refractivity contribution is -0.385. The molecule has 0 radical (unpaired) electrons. The summed E-state index contributed by atoms with van der Waals surface area (Å²) >= 11 is 0. The largest absolute Gasteiger partial charge is 0.493 e. The predicted molar refractivity (Wildman–Crippen MR) is 127 cm³/mol. The molecule has 3 aromatic rings. The van der Waals surface area contributed by atoms with Crippen LogP contribution in [0.2, 0.25) is 0 Å². The second kappa shape index (κ2) is 10.5. The average Bonchev–Trinajstić information content (AvgIpc) is 2.79. The van der Waals surface area contributed by atoms with Crippen LogP contribution in [0.3, 0.4) is 0 Å². The minimum atomic E-state index is -5.13. The number of alkyl halides is 3. The van der Waals surface area contributed by atoms with Gasteiger partial charge in [-0.05, 0) is 69.3 Å². The summed E-state index contributed by atoms with van der Waals surface area (Å²) in [6, 6.07) is 12.0. The molecule has 1 heterocycles. The lowest BCUT2D eigenvalue weighted by Crippen LogP contribution is -2.43. The summed E-state index contributed by atoms with van der Waals surface area (Å²) in [6.07, 6.45) is -4.74. The Morgan fingerprint density at radius 3 is 2.24 bits per heavy atom. The van der Waals surface area contributed by atoms with E-state index < -0.39 is 50.8 Å². The number of ether oxygens (including phenoxy) is 2. The van der Waals surface area contributed by atoms with E-state index in [9.17, 15) is 32.9 Å². The van der Waals surface area contributed by atoms with Gasteiger partial charge in [-0.15, -0.1) is 13.2 Å². The molecule has 3 rings (SSSR count). The molecule has 0 atom stereocenters. The summed E-state index contributed by atoms with van der Waals surface area (Å²) in [5, 5.41) is 14.1. The molecule has 0 aliphatic rings. The molecule has 10 nitrogen and oxygen atoms in total. The number of nitrogens with one attached hydrogen (secondary N) is 1. The summed E-state index contributed by atoms with van der Waals surface area (Å²) in [6.45, 7) is 5.11. The van der Waals surface area contributed by atoms with Crippen molar-refractivity contribution in [3.05, 3.63) is 82.5 Å². The first-order valence-electron chi connectivity index (χ1n) is 10.6. The van der Waals surface area contributed by atoms with Crippen molar-refractivity contribution >= 4 is 29.2 Å². The minimum absolute atomic E-state index is 0.127. The Bertz CT molecular complexity index is 1290. The van der Waals surface area contributed by atoms with E-state index in [0.29, 0.717) is 11.8 Å². The second-order valence-electron chi connectivity index (χ2n) is 8.49. The highest BCUT2D eigenvalue weighted by molar-refractivity contribution is 6.06. The number of carbonyl (C=O) groups is 2. The van der Waals surface area contributed by atoms with Crippen LogP contribution in [0.4, 0.5) is 35.2 Å². The van der Waals surface area contributed by atoms with Crippen molar-refractivity contribution in [3.63, 3.8) is 0 Å². The van der Waals surface area contributed by atoms with Crippen LogP contribution >= 0.6 is 0 Å². The van der Waals surface area contributed by atoms with Crippen molar-refractivity contribution < 1.29 is 37.2 Å². The number of halogens is 3. The van der Waals surface area contributed by atoms with Crippen molar-refractivity contribution in [3.8, 4) is 11.5 Å². The van der Waals surface area contributed by atoms with Gasteiger partial charge in [0.25, 0.3) is 5.91 Å². The van der Waals surface area contributed by atoms with Gasteiger partial charge in [0, 0.05) is 23.5 Å². The molecule has 0 fully saturated rings. The average molecular weight is 518 g/mol. The zero-order chi connectivity index (χ0) is 27.4. The molecule has 0 saturated carbocycles. The fourth-order valence-electron chi connectivity index (χ4n) is 3.00. The molecule has 0 saturated heterocycles. The van der Waals surface area contributed by atoms with Crippen LogP contribution in [0.5, 0.6) is 11.5 Å². The van der Waals surface area contributed by atoms with Gasteiger partial charge in [-0.1, -0.05) is 6.07 Å². The number of benzene rings is 2. The third-order valence-electron chi connectivity index (χ3n) is 4.47. The third kappa shape index (κ3) is 7.16. The number of nitro benzene ring substituents is 1. The molecule has 0 bridgehead atoms. The maximum Gasteiger partial charge on any atom is 0.493 e. The molecule has 0 aliphatic carbocycles. The van der Waals surface area contributed by atoms with E-state index in [0.717, 1.165) is 24.4 Å². The van der Waals surface area contributed by atoms with Crippen molar-refractivity contribution in [1.82, 2.24) is 4.98 Å². The van der Waals surface area contributed by atoms with E-state index >= 15 is 0 Å². The summed E-state index contributed by atoms with van der Waals surface area (Å²) in [7, 11) is 0. The van der Waals surface area contributed by atoms with Gasteiger partial charge < -0.3 is 9.47 Å². The summed E-state index contributed by atoms with van der Waals surface area (Å²) < 4.78 is 51.6. The Balaban J connectivity index is 1.83. The van der Waals surface area contributed by atoms with E-state index in [2.05, 4.69) is 10.3 Å². The van der Waals surface area contributed by atoms with Gasteiger partial charge in [0.05, 0.1) is 4.92 Å². The number of rotatable bonds is 6. The van der Waals surface area contributed by atoms with Crippen LogP contribution < -0.4 is 15.0 Å². The maximum atomic E-state index is 13.6. The number of carbonyl (C=O) groups excluding carboxylic acids is 2. The van der Waals surface area contributed by atoms with E-state index in [1.54, 1.807) is 20.8 Å². The molecule has 1 N–H and O–H groups in total. The van der Waals surface area contributed by atoms with Gasteiger partial charge in [0.15, 0.2) is 0 Å². The highest BCUT2D eigenvalue weighted by Crippen LogP contribution is 2.35. The Hall–Kier alpha value is -4.68. The van der Waals surface area contributed by atoms with E-state index in [1.165, 1.54) is 36.4 Å². The molecule has 13 heteroatoms. The lowest BCUT2D eigenvalue weighted by atomic mass is 10.1. The molecule has 194 valence electrons. The van der Waals surface area contributed by atoms with E-state index in [4.69, 9.17) is 9.47 Å². The fraction of sp³-hybridized carbons (Fsp3) is 0.208. The first-order valence-corrected chi connectivity index (χ1v) is 10.6. The first-order chi connectivity index (χ1) is 17.2. The van der Waals surface area contributed by atoms with Crippen LogP contribution in [0.15, 0.2) is 66.9 Å². The van der Waals surface area contributed by atoms with Gasteiger partial charge >= 0.3 is 18.1 Å². The summed E-state index contributed by atoms with van der Waals surface area (Å²) in [5.41, 5.74) is -1.67. The number of hydrogen-bond acceptors (Lipinski definition) is 7. The Labute approximate surface area is 208 Å². The van der Waals surface area contributed by atoms with Gasteiger partial charge in [0.2, 0.25) is 5.75 Å². The second-order valence-corrected chi connectivity index (χ2v) is 8.49. The lowest BCUT2D eigenvalue weighted by Gasteiger charge is -2.24. The molecule has 37 heavy (non-hydrogen) atoms. The number of pyridine rings is 1. The quantitative estimate of drug-likeness (QED) is 0.231. The molecule has 1 aromatic heterocycles. The Morgan fingerprint density at radius 2 is 1.70 bits per heavy atom. The molecule has 2 aromatic carbocycles. The highest BCUT2D eigenvalue weighted by Gasteiger charge is 2.44. The van der Waals surface area contributed by atoms with Crippen LogP contribution in [0, 0.1) is 10.1 Å². The third-order valence-corrected chi connectivity index (χ3v) is 4.47. The SMILES string of the molecule is CC(C)(C)OC(=O)Nc1ccc(Oc2ccc(C(=O)N(c3ccccn3)C(F)(F)F)cc2[N+](=O)[O-])cc1. The molecule has 0 aliphatic heterocycles. The van der Waals surface area contributed by atoms with Gasteiger partial charge in [-0.3, -0.25) is 20.2 Å². The molecule has 2 amide bonds. The number of hydrogen-bond donors (Lipinski definition) is 1.